The van der Waals surface area contributed by atoms with Gasteiger partial charge in [-0.2, -0.15) is 10.4 Å². The van der Waals surface area contributed by atoms with E-state index in [9.17, 15) is 15.2 Å². The lowest BCUT2D eigenvalue weighted by molar-refractivity contribution is 0.402. The first-order valence-corrected chi connectivity index (χ1v) is 7.45. The predicted octanol–water partition coefficient (Wildman–Crippen LogP) is 3.57. The van der Waals surface area contributed by atoms with Gasteiger partial charge >= 0.3 is 0 Å². The summed E-state index contributed by atoms with van der Waals surface area (Å²) in [5.41, 5.74) is 0.469. The van der Waals surface area contributed by atoms with Gasteiger partial charge in [-0.1, -0.05) is 6.92 Å². The summed E-state index contributed by atoms with van der Waals surface area (Å²) in [6.45, 7) is 3.74. The molecule has 1 heterocycles. The van der Waals surface area contributed by atoms with Gasteiger partial charge in [-0.3, -0.25) is 9.36 Å². The molecule has 1 N–H and O–H groups in total. The highest BCUT2D eigenvalue weighted by Crippen LogP contribution is 2.27. The van der Waals surface area contributed by atoms with Crippen LogP contribution in [0.4, 0.5) is 11.4 Å². The fourth-order valence-electron chi connectivity index (χ4n) is 2.24. The maximum absolute atomic E-state index is 12.5. The van der Waals surface area contributed by atoms with E-state index in [1.165, 1.54) is 0 Å². The molecular formula is C17H18N4O3. The molecule has 0 bridgehead atoms. The van der Waals surface area contributed by atoms with Crippen molar-refractivity contribution >= 4 is 11.4 Å². The third kappa shape index (κ3) is 3.27. The monoisotopic (exact) mass is 326 g/mol. The fraction of sp³-hybridized carbons (Fsp3) is 0.294. The molecule has 2 aromatic rings. The van der Waals surface area contributed by atoms with Gasteiger partial charge < -0.3 is 9.84 Å². The summed E-state index contributed by atoms with van der Waals surface area (Å²) in [5.74, 6) is 0.358. The molecular weight excluding hydrogens is 308 g/mol. The molecule has 0 spiro atoms. The van der Waals surface area contributed by atoms with Crippen LogP contribution >= 0.6 is 0 Å². The van der Waals surface area contributed by atoms with Crippen LogP contribution in [0.25, 0.3) is 0 Å². The third-order valence-electron chi connectivity index (χ3n) is 3.55. The molecule has 0 fully saturated rings. The molecule has 0 amide bonds. The average Bonchev–Trinajstić information content (AvgIpc) is 2.59. The SMILES string of the molecule is CCCn1c(O)c(C#N)c(C)c(N=Nc2ccc(OC)cc2)c1=O. The van der Waals surface area contributed by atoms with Crippen molar-refractivity contribution in [3.05, 3.63) is 45.7 Å². The first kappa shape index (κ1) is 17.2. The normalized spacial score (nSPS) is 10.8. The lowest BCUT2D eigenvalue weighted by Gasteiger charge is -2.11. The van der Waals surface area contributed by atoms with Crippen LogP contribution < -0.4 is 10.3 Å². The van der Waals surface area contributed by atoms with Gasteiger partial charge in [0.25, 0.3) is 5.56 Å². The number of pyridine rings is 1. The Morgan fingerprint density at radius 2 is 1.96 bits per heavy atom. The molecule has 0 saturated carbocycles. The van der Waals surface area contributed by atoms with E-state index in [4.69, 9.17) is 4.74 Å². The van der Waals surface area contributed by atoms with Gasteiger partial charge in [-0.25, -0.2) is 0 Å². The van der Waals surface area contributed by atoms with E-state index in [1.807, 2.05) is 13.0 Å². The molecule has 1 aromatic carbocycles. The summed E-state index contributed by atoms with van der Waals surface area (Å²) >= 11 is 0. The van der Waals surface area contributed by atoms with E-state index in [2.05, 4.69) is 10.2 Å². The standard InChI is InChI=1S/C17H18N4O3/c1-4-9-21-16(22)14(10-18)11(2)15(17(21)23)20-19-12-5-7-13(24-3)8-6-12/h5-8,22H,4,9H2,1-3H3. The van der Waals surface area contributed by atoms with E-state index in [0.29, 0.717) is 30.0 Å². The number of hydrogen-bond acceptors (Lipinski definition) is 6. The van der Waals surface area contributed by atoms with Gasteiger partial charge in [0, 0.05) is 12.1 Å². The summed E-state index contributed by atoms with van der Waals surface area (Å²) in [4.78, 5) is 12.5. The number of hydrogen-bond donors (Lipinski definition) is 1. The Balaban J connectivity index is 2.52. The fourth-order valence-corrected chi connectivity index (χ4v) is 2.24. The van der Waals surface area contributed by atoms with Gasteiger partial charge in [0.1, 0.15) is 17.4 Å². The molecule has 0 atom stereocenters. The van der Waals surface area contributed by atoms with Crippen molar-refractivity contribution < 1.29 is 9.84 Å². The number of aromatic hydroxyl groups is 1. The van der Waals surface area contributed by atoms with Crippen molar-refractivity contribution in [2.75, 3.05) is 7.11 Å². The molecule has 1 aromatic heterocycles. The molecule has 7 heteroatoms. The van der Waals surface area contributed by atoms with Crippen molar-refractivity contribution in [1.29, 1.82) is 5.26 Å². The number of aromatic nitrogens is 1. The second-order valence-electron chi connectivity index (χ2n) is 5.14. The number of methoxy groups -OCH3 is 1. The van der Waals surface area contributed by atoms with E-state index in [-0.39, 0.29) is 17.1 Å². The van der Waals surface area contributed by atoms with E-state index >= 15 is 0 Å². The maximum atomic E-state index is 12.5. The van der Waals surface area contributed by atoms with E-state index < -0.39 is 5.56 Å². The Morgan fingerprint density at radius 3 is 2.50 bits per heavy atom. The average molecular weight is 326 g/mol. The minimum absolute atomic E-state index is 0.0340. The van der Waals surface area contributed by atoms with Crippen LogP contribution in [0.1, 0.15) is 24.5 Å². The summed E-state index contributed by atoms with van der Waals surface area (Å²) < 4.78 is 6.21. The number of ether oxygens (including phenoxy) is 1. The van der Waals surface area contributed by atoms with Gasteiger partial charge in [-0.05, 0) is 37.6 Å². The van der Waals surface area contributed by atoms with Crippen LogP contribution in [0.5, 0.6) is 11.6 Å². The Kier molecular flexibility index (Phi) is 5.32. The summed E-state index contributed by atoms with van der Waals surface area (Å²) in [6.07, 6.45) is 0.635. The zero-order valence-electron chi connectivity index (χ0n) is 13.8. The molecule has 7 nitrogen and oxygen atoms in total. The highest BCUT2D eigenvalue weighted by molar-refractivity contribution is 5.56. The molecule has 124 valence electrons. The molecule has 0 aliphatic carbocycles. The van der Waals surface area contributed by atoms with Crippen LogP contribution in [0.3, 0.4) is 0 Å². The highest BCUT2D eigenvalue weighted by atomic mass is 16.5. The van der Waals surface area contributed by atoms with Gasteiger partial charge in [-0.15, -0.1) is 5.11 Å². The molecule has 0 aliphatic rings. The molecule has 24 heavy (non-hydrogen) atoms. The van der Waals surface area contributed by atoms with Gasteiger partial charge in [0.2, 0.25) is 5.88 Å². The Hall–Kier alpha value is -3.14. The van der Waals surface area contributed by atoms with Crippen LogP contribution in [0.15, 0.2) is 39.3 Å². The van der Waals surface area contributed by atoms with Crippen LogP contribution in [-0.4, -0.2) is 16.8 Å². The zero-order valence-corrected chi connectivity index (χ0v) is 13.8. The van der Waals surface area contributed by atoms with Crippen molar-refractivity contribution in [2.24, 2.45) is 10.2 Å². The number of rotatable bonds is 5. The van der Waals surface area contributed by atoms with Gasteiger partial charge in [0.15, 0.2) is 5.69 Å². The molecule has 2 rings (SSSR count). The quantitative estimate of drug-likeness (QED) is 0.849. The lowest BCUT2D eigenvalue weighted by atomic mass is 10.1. The second kappa shape index (κ2) is 7.42. The molecule has 0 radical (unpaired) electrons. The van der Waals surface area contributed by atoms with Crippen LogP contribution in [0.2, 0.25) is 0 Å². The topological polar surface area (TPSA) is 100.0 Å². The highest BCUT2D eigenvalue weighted by Gasteiger charge is 2.18. The van der Waals surface area contributed by atoms with Crippen LogP contribution in [-0.2, 0) is 6.54 Å². The van der Waals surface area contributed by atoms with E-state index in [1.54, 1.807) is 38.3 Å². The molecule has 0 aliphatic heterocycles. The second-order valence-corrected chi connectivity index (χ2v) is 5.14. The van der Waals surface area contributed by atoms with Crippen molar-refractivity contribution in [3.63, 3.8) is 0 Å². The van der Waals surface area contributed by atoms with Crippen molar-refractivity contribution in [2.45, 2.75) is 26.8 Å². The molecule has 0 unspecified atom stereocenters. The minimum atomic E-state index is -0.469. The molecule has 0 saturated heterocycles. The van der Waals surface area contributed by atoms with Crippen LogP contribution in [0, 0.1) is 18.3 Å². The third-order valence-corrected chi connectivity index (χ3v) is 3.55. The first-order chi connectivity index (χ1) is 11.5. The Bertz CT molecular complexity index is 861. The maximum Gasteiger partial charge on any atom is 0.281 e. The minimum Gasteiger partial charge on any atom is -0.497 e. The number of benzene rings is 1. The summed E-state index contributed by atoms with van der Waals surface area (Å²) in [5, 5.41) is 27.4. The number of nitrogens with zero attached hydrogens (tertiary/aromatic N) is 4. The largest absolute Gasteiger partial charge is 0.497 e. The number of azo groups is 1. The Morgan fingerprint density at radius 1 is 1.29 bits per heavy atom. The summed E-state index contributed by atoms with van der Waals surface area (Å²) in [6, 6.07) is 8.78. The summed E-state index contributed by atoms with van der Waals surface area (Å²) in [7, 11) is 1.57. The predicted molar refractivity (Wildman–Crippen MR) is 89.3 cm³/mol. The first-order valence-electron chi connectivity index (χ1n) is 7.45. The van der Waals surface area contributed by atoms with Crippen molar-refractivity contribution in [3.8, 4) is 17.7 Å². The van der Waals surface area contributed by atoms with E-state index in [0.717, 1.165) is 4.57 Å². The zero-order chi connectivity index (χ0) is 17.7. The van der Waals surface area contributed by atoms with Gasteiger partial charge in [0.05, 0.1) is 12.8 Å². The number of nitriles is 1. The lowest BCUT2D eigenvalue weighted by Crippen LogP contribution is -2.21. The van der Waals surface area contributed by atoms with Crippen molar-refractivity contribution in [1.82, 2.24) is 4.57 Å². The Labute approximate surface area is 139 Å². The smallest absolute Gasteiger partial charge is 0.281 e.